The van der Waals surface area contributed by atoms with Crippen molar-refractivity contribution in [1.82, 2.24) is 35.6 Å². The monoisotopic (exact) mass is 685 g/mol. The molecule has 0 saturated carbocycles. The van der Waals surface area contributed by atoms with Crippen LogP contribution in [0.4, 0.5) is 11.6 Å². The number of rotatable bonds is 7. The summed E-state index contributed by atoms with van der Waals surface area (Å²) >= 11 is 0. The largest absolute Gasteiger partial charge is 0.495 e. The zero-order chi connectivity index (χ0) is 36.4. The average molecular weight is 686 g/mol. The minimum absolute atomic E-state index is 0.124. The maximum absolute atomic E-state index is 12.9. The number of piperidine rings is 1. The molecule has 268 valence electrons. The summed E-state index contributed by atoms with van der Waals surface area (Å²) in [5.74, 6) is 0.862. The minimum atomic E-state index is -0.324. The fraction of sp³-hybridized carbons (Fsp3) is 0.432. The first-order chi connectivity index (χ1) is 23.9. The fourth-order valence-electron chi connectivity index (χ4n) is 5.70. The summed E-state index contributed by atoms with van der Waals surface area (Å²) < 4.78 is 11.2. The number of ether oxygens (including phenoxy) is 1. The smallest absolute Gasteiger partial charge is 0.273 e. The number of benzene rings is 2. The molecule has 1 aliphatic carbocycles. The van der Waals surface area contributed by atoms with Crippen LogP contribution in [0.1, 0.15) is 64.2 Å². The summed E-state index contributed by atoms with van der Waals surface area (Å²) in [6.45, 7) is 6.73. The normalized spacial score (nSPS) is 14.9. The Hall–Kier alpha value is -4.85. The second-order valence-corrected chi connectivity index (χ2v) is 13.6. The lowest BCUT2D eigenvalue weighted by Gasteiger charge is -2.30. The third kappa shape index (κ3) is 9.65. The SMILES string of the molecule is CN(C)C.CNC(=O)c1noc2c1CC(C)(C)c1cnc(Nc3ccc(C(=O)NC4CCN(C)CC4)cc3OC)nc1-2.NCc1ccccc1. The highest BCUT2D eigenvalue weighted by Crippen LogP contribution is 2.43. The fourth-order valence-corrected chi connectivity index (χ4v) is 5.70. The lowest BCUT2D eigenvalue weighted by molar-refractivity contribution is 0.0914. The van der Waals surface area contributed by atoms with Crippen molar-refractivity contribution < 1.29 is 18.8 Å². The van der Waals surface area contributed by atoms with Crippen molar-refractivity contribution >= 4 is 23.5 Å². The van der Waals surface area contributed by atoms with Crippen molar-refractivity contribution in [3.8, 4) is 17.2 Å². The van der Waals surface area contributed by atoms with E-state index in [0.717, 1.165) is 37.1 Å². The molecule has 2 aromatic carbocycles. The molecule has 50 heavy (non-hydrogen) atoms. The van der Waals surface area contributed by atoms with Gasteiger partial charge in [-0.2, -0.15) is 0 Å². The van der Waals surface area contributed by atoms with Crippen LogP contribution in [-0.4, -0.2) is 98.2 Å². The van der Waals surface area contributed by atoms with Crippen molar-refractivity contribution in [3.05, 3.63) is 82.7 Å². The summed E-state index contributed by atoms with van der Waals surface area (Å²) in [4.78, 5) is 38.7. The second kappa shape index (κ2) is 17.2. The lowest BCUT2D eigenvalue weighted by atomic mass is 9.74. The molecule has 4 aromatic rings. The van der Waals surface area contributed by atoms with Crippen LogP contribution in [0.3, 0.4) is 0 Å². The van der Waals surface area contributed by atoms with Gasteiger partial charge in [-0.15, -0.1) is 0 Å². The third-order valence-corrected chi connectivity index (χ3v) is 8.42. The maximum atomic E-state index is 12.9. The van der Waals surface area contributed by atoms with Gasteiger partial charge in [0.25, 0.3) is 11.8 Å². The van der Waals surface area contributed by atoms with Gasteiger partial charge in [-0.3, -0.25) is 9.59 Å². The highest BCUT2D eigenvalue weighted by Gasteiger charge is 2.38. The number of anilines is 2. The van der Waals surface area contributed by atoms with Gasteiger partial charge in [0.1, 0.15) is 11.4 Å². The first kappa shape index (κ1) is 38.0. The molecule has 0 spiro atoms. The number of amides is 2. The lowest BCUT2D eigenvalue weighted by Crippen LogP contribution is -2.43. The number of hydrogen-bond acceptors (Lipinski definition) is 11. The van der Waals surface area contributed by atoms with E-state index in [-0.39, 0.29) is 29.0 Å². The quantitative estimate of drug-likeness (QED) is 0.220. The Balaban J connectivity index is 0.000000398. The number of aromatic nitrogens is 3. The Morgan fingerprint density at radius 3 is 2.36 bits per heavy atom. The van der Waals surface area contributed by atoms with Gasteiger partial charge in [-0.05, 0) is 89.7 Å². The van der Waals surface area contributed by atoms with Crippen molar-refractivity contribution in [2.24, 2.45) is 5.73 Å². The highest BCUT2D eigenvalue weighted by atomic mass is 16.5. The molecule has 13 heteroatoms. The van der Waals surface area contributed by atoms with Crippen molar-refractivity contribution in [3.63, 3.8) is 0 Å². The van der Waals surface area contributed by atoms with Crippen LogP contribution >= 0.6 is 0 Å². The third-order valence-electron chi connectivity index (χ3n) is 8.42. The van der Waals surface area contributed by atoms with Gasteiger partial charge >= 0.3 is 0 Å². The molecule has 0 atom stereocenters. The Bertz CT molecular complexity index is 1730. The van der Waals surface area contributed by atoms with Crippen molar-refractivity contribution in [1.29, 1.82) is 0 Å². The predicted octanol–water partition coefficient (Wildman–Crippen LogP) is 4.22. The van der Waals surface area contributed by atoms with Crippen LogP contribution < -0.4 is 26.4 Å². The van der Waals surface area contributed by atoms with Gasteiger partial charge in [0.2, 0.25) is 5.95 Å². The highest BCUT2D eigenvalue weighted by molar-refractivity contribution is 5.96. The molecule has 13 nitrogen and oxygen atoms in total. The molecular formula is C37H51N9O4. The number of hydrogen-bond donors (Lipinski definition) is 4. The molecule has 2 aromatic heterocycles. The number of methoxy groups -OCH3 is 1. The number of carbonyl (C=O) groups excluding carboxylic acids is 2. The standard InChI is InChI=1S/C27H33N7O4.C7H9N.C3H9N/c1-27(2)13-17-21(25(36)28-3)33-38-23(17)22-18(27)14-29-26(32-22)31-19-7-6-15(12-20(19)37-5)24(35)30-16-8-10-34(4)11-9-16;8-6-7-4-2-1-3-5-7;1-4(2)3/h6-7,12,14,16H,8-11,13H2,1-5H3,(H,28,36)(H,30,35)(H,29,31,32);1-5H,6,8H2;1-3H3. The Morgan fingerprint density at radius 1 is 1.08 bits per heavy atom. The average Bonchev–Trinajstić information content (AvgIpc) is 3.52. The molecule has 6 rings (SSSR count). The topological polar surface area (TPSA) is 164 Å². The van der Waals surface area contributed by atoms with Gasteiger partial charge in [0.05, 0.1) is 12.8 Å². The summed E-state index contributed by atoms with van der Waals surface area (Å²) in [5.41, 5.74) is 9.84. The van der Waals surface area contributed by atoms with E-state index in [1.54, 1.807) is 38.6 Å². The zero-order valence-electron chi connectivity index (χ0n) is 30.5. The van der Waals surface area contributed by atoms with Gasteiger partial charge in [0.15, 0.2) is 11.5 Å². The van der Waals surface area contributed by atoms with Crippen LogP contribution in [0, 0.1) is 0 Å². The van der Waals surface area contributed by atoms with E-state index in [1.165, 1.54) is 5.56 Å². The van der Waals surface area contributed by atoms with Crippen molar-refractivity contribution in [2.45, 2.75) is 51.1 Å². The van der Waals surface area contributed by atoms with Crippen LogP contribution in [0.5, 0.6) is 5.75 Å². The molecule has 0 unspecified atom stereocenters. The molecule has 1 aliphatic heterocycles. The van der Waals surface area contributed by atoms with Gasteiger partial charge in [-0.25, -0.2) is 9.97 Å². The van der Waals surface area contributed by atoms with Gasteiger partial charge in [-0.1, -0.05) is 49.3 Å². The summed E-state index contributed by atoms with van der Waals surface area (Å²) in [6.07, 6.45) is 4.21. The van der Waals surface area contributed by atoms with E-state index >= 15 is 0 Å². The summed E-state index contributed by atoms with van der Waals surface area (Å²) in [6, 6.07) is 15.4. The molecule has 5 N–H and O–H groups in total. The summed E-state index contributed by atoms with van der Waals surface area (Å²) in [7, 11) is 11.2. The van der Waals surface area contributed by atoms with Gasteiger partial charge < -0.3 is 40.7 Å². The zero-order valence-corrected chi connectivity index (χ0v) is 30.5. The van der Waals surface area contributed by atoms with Gasteiger partial charge in [0, 0.05) is 42.5 Å². The first-order valence-corrected chi connectivity index (χ1v) is 16.7. The molecule has 1 saturated heterocycles. The van der Waals surface area contributed by atoms with E-state index in [4.69, 9.17) is 20.0 Å². The van der Waals surface area contributed by atoms with Crippen LogP contribution in [-0.2, 0) is 18.4 Å². The Kier molecular flexibility index (Phi) is 13.1. The predicted molar refractivity (Wildman–Crippen MR) is 196 cm³/mol. The molecule has 3 heterocycles. The number of nitrogens with two attached hydrogens (primary N) is 1. The molecule has 0 bridgehead atoms. The second-order valence-electron chi connectivity index (χ2n) is 13.6. The van der Waals surface area contributed by atoms with Crippen LogP contribution in [0.25, 0.3) is 11.5 Å². The minimum Gasteiger partial charge on any atom is -0.495 e. The number of nitrogens with one attached hydrogen (secondary N) is 3. The van der Waals surface area contributed by atoms with Crippen LogP contribution in [0.15, 0.2) is 59.3 Å². The molecular weight excluding hydrogens is 634 g/mol. The van der Waals surface area contributed by atoms with E-state index in [0.29, 0.717) is 47.4 Å². The number of likely N-dealkylation sites (tertiary alicyclic amines) is 1. The molecule has 0 radical (unpaired) electrons. The number of nitrogens with zero attached hydrogens (tertiary/aromatic N) is 5. The van der Waals surface area contributed by atoms with E-state index in [2.05, 4.69) is 51.9 Å². The van der Waals surface area contributed by atoms with E-state index < -0.39 is 0 Å². The Morgan fingerprint density at radius 2 is 1.76 bits per heavy atom. The van der Waals surface area contributed by atoms with Crippen molar-refractivity contribution in [2.75, 3.05) is 60.8 Å². The maximum Gasteiger partial charge on any atom is 0.273 e. The first-order valence-electron chi connectivity index (χ1n) is 16.7. The van der Waals surface area contributed by atoms with E-state index in [9.17, 15) is 9.59 Å². The number of carbonyl (C=O) groups is 2. The van der Waals surface area contributed by atoms with E-state index in [1.807, 2.05) is 56.4 Å². The molecule has 1 fully saturated rings. The molecule has 2 amide bonds. The summed E-state index contributed by atoms with van der Waals surface area (Å²) in [5, 5.41) is 13.0. The van der Waals surface area contributed by atoms with Crippen LogP contribution in [0.2, 0.25) is 0 Å². The Labute approximate surface area is 295 Å². The number of fused-ring (bicyclic) bond motifs is 3. The molecule has 2 aliphatic rings.